The number of benzene rings is 1. The summed E-state index contributed by atoms with van der Waals surface area (Å²) in [5, 5.41) is 12.0. The maximum absolute atomic E-state index is 13.0. The molecule has 0 aliphatic carbocycles. The molecule has 114 valence electrons. The van der Waals surface area contributed by atoms with Gasteiger partial charge in [0.15, 0.2) is 9.84 Å². The summed E-state index contributed by atoms with van der Waals surface area (Å²) < 4.78 is 35.6. The second kappa shape index (κ2) is 6.87. The summed E-state index contributed by atoms with van der Waals surface area (Å²) in [5.74, 6) is 0.0418. The van der Waals surface area contributed by atoms with Gasteiger partial charge in [0.2, 0.25) is 0 Å². The highest BCUT2D eigenvalue weighted by molar-refractivity contribution is 7.91. The molecule has 0 bridgehead atoms. The van der Waals surface area contributed by atoms with Crippen molar-refractivity contribution in [1.82, 2.24) is 4.90 Å². The molecule has 2 rings (SSSR count). The summed E-state index contributed by atoms with van der Waals surface area (Å²) in [7, 11) is -2.83. The van der Waals surface area contributed by atoms with E-state index in [0.29, 0.717) is 30.9 Å². The van der Waals surface area contributed by atoms with Crippen LogP contribution in [0, 0.1) is 17.1 Å². The average Bonchev–Trinajstić information content (AvgIpc) is 2.46. The first kappa shape index (κ1) is 15.7. The molecule has 1 aromatic carbocycles. The largest absolute Gasteiger partial charge is 0.384 e. The van der Waals surface area contributed by atoms with E-state index in [0.717, 1.165) is 13.0 Å². The number of nitrogens with zero attached hydrogens (tertiary/aromatic N) is 2. The quantitative estimate of drug-likeness (QED) is 0.828. The SMILES string of the molecule is N#Cc1cc(F)ccc1NCCCN1CCS(=O)(=O)CC1. The van der Waals surface area contributed by atoms with Gasteiger partial charge in [-0.1, -0.05) is 0 Å². The Hall–Kier alpha value is -1.65. The monoisotopic (exact) mass is 311 g/mol. The summed E-state index contributed by atoms with van der Waals surface area (Å²) in [4.78, 5) is 2.12. The van der Waals surface area contributed by atoms with E-state index in [1.165, 1.54) is 12.1 Å². The maximum atomic E-state index is 13.0. The Morgan fingerprint density at radius 1 is 1.33 bits per heavy atom. The second-order valence-corrected chi connectivity index (χ2v) is 7.38. The Morgan fingerprint density at radius 3 is 2.71 bits per heavy atom. The molecular weight excluding hydrogens is 293 g/mol. The van der Waals surface area contributed by atoms with Crippen LogP contribution in [0.15, 0.2) is 18.2 Å². The van der Waals surface area contributed by atoms with Gasteiger partial charge in [0, 0.05) is 19.6 Å². The van der Waals surface area contributed by atoms with E-state index in [-0.39, 0.29) is 11.5 Å². The lowest BCUT2D eigenvalue weighted by atomic mass is 10.2. The van der Waals surface area contributed by atoms with Gasteiger partial charge in [-0.2, -0.15) is 5.26 Å². The van der Waals surface area contributed by atoms with Crippen molar-refractivity contribution in [2.24, 2.45) is 0 Å². The smallest absolute Gasteiger partial charge is 0.152 e. The van der Waals surface area contributed by atoms with Gasteiger partial charge in [0.25, 0.3) is 0 Å². The number of rotatable bonds is 5. The molecule has 1 heterocycles. The van der Waals surface area contributed by atoms with Crippen molar-refractivity contribution in [3.63, 3.8) is 0 Å². The molecule has 1 N–H and O–H groups in total. The molecule has 7 heteroatoms. The number of hydrogen-bond donors (Lipinski definition) is 1. The number of hydrogen-bond acceptors (Lipinski definition) is 5. The zero-order chi connectivity index (χ0) is 15.3. The molecule has 0 atom stereocenters. The van der Waals surface area contributed by atoms with Gasteiger partial charge < -0.3 is 10.2 Å². The molecule has 1 fully saturated rings. The molecule has 0 saturated carbocycles. The van der Waals surface area contributed by atoms with Crippen LogP contribution in [0.1, 0.15) is 12.0 Å². The normalized spacial score (nSPS) is 18.1. The van der Waals surface area contributed by atoms with E-state index in [9.17, 15) is 12.8 Å². The first-order chi connectivity index (χ1) is 10.00. The predicted molar refractivity (Wildman–Crippen MR) is 79.3 cm³/mol. The van der Waals surface area contributed by atoms with E-state index in [1.807, 2.05) is 6.07 Å². The first-order valence-electron chi connectivity index (χ1n) is 6.86. The summed E-state index contributed by atoms with van der Waals surface area (Å²) in [5.41, 5.74) is 0.916. The standard InChI is InChI=1S/C14H18FN3O2S/c15-13-2-3-14(12(10-13)11-16)17-4-1-5-18-6-8-21(19,20)9-7-18/h2-3,10,17H,1,4-9H2. The number of anilines is 1. The van der Waals surface area contributed by atoms with Crippen molar-refractivity contribution in [1.29, 1.82) is 5.26 Å². The molecule has 21 heavy (non-hydrogen) atoms. The second-order valence-electron chi connectivity index (χ2n) is 5.08. The Balaban J connectivity index is 1.75. The van der Waals surface area contributed by atoms with Crippen LogP contribution in [0.3, 0.4) is 0 Å². The van der Waals surface area contributed by atoms with Crippen molar-refractivity contribution in [3.05, 3.63) is 29.6 Å². The minimum atomic E-state index is -2.83. The number of halogens is 1. The third kappa shape index (κ3) is 4.69. The van der Waals surface area contributed by atoms with Gasteiger partial charge in [-0.25, -0.2) is 12.8 Å². The van der Waals surface area contributed by atoms with Crippen LogP contribution < -0.4 is 5.32 Å². The molecule has 0 radical (unpaired) electrons. The minimum absolute atomic E-state index is 0.233. The van der Waals surface area contributed by atoms with E-state index in [4.69, 9.17) is 5.26 Å². The molecule has 1 aliphatic rings. The molecule has 0 spiro atoms. The van der Waals surface area contributed by atoms with Gasteiger partial charge >= 0.3 is 0 Å². The fourth-order valence-electron chi connectivity index (χ4n) is 2.26. The Bertz CT molecular complexity index is 626. The van der Waals surface area contributed by atoms with E-state index in [1.54, 1.807) is 6.07 Å². The lowest BCUT2D eigenvalue weighted by Gasteiger charge is -2.26. The topological polar surface area (TPSA) is 73.2 Å². The lowest BCUT2D eigenvalue weighted by Crippen LogP contribution is -2.41. The Labute approximate surface area is 124 Å². The van der Waals surface area contributed by atoms with Gasteiger partial charge in [-0.05, 0) is 31.2 Å². The van der Waals surface area contributed by atoms with Gasteiger partial charge in [-0.15, -0.1) is 0 Å². The molecule has 0 aromatic heterocycles. The fourth-order valence-corrected chi connectivity index (χ4v) is 3.54. The van der Waals surface area contributed by atoms with Crippen LogP contribution >= 0.6 is 0 Å². The van der Waals surface area contributed by atoms with Crippen LogP contribution in [-0.4, -0.2) is 51.0 Å². The zero-order valence-electron chi connectivity index (χ0n) is 11.7. The molecule has 5 nitrogen and oxygen atoms in total. The molecule has 0 unspecified atom stereocenters. The zero-order valence-corrected chi connectivity index (χ0v) is 12.5. The minimum Gasteiger partial charge on any atom is -0.384 e. The van der Waals surface area contributed by atoms with Crippen molar-refractivity contribution in [2.45, 2.75) is 6.42 Å². The van der Waals surface area contributed by atoms with Gasteiger partial charge in [-0.3, -0.25) is 0 Å². The highest BCUT2D eigenvalue weighted by atomic mass is 32.2. The fraction of sp³-hybridized carbons (Fsp3) is 0.500. The average molecular weight is 311 g/mol. The van der Waals surface area contributed by atoms with Crippen LogP contribution in [0.2, 0.25) is 0 Å². The third-order valence-electron chi connectivity index (χ3n) is 3.51. The lowest BCUT2D eigenvalue weighted by molar-refractivity contribution is 0.295. The predicted octanol–water partition coefficient (Wildman–Crippen LogP) is 1.23. The van der Waals surface area contributed by atoms with E-state index in [2.05, 4.69) is 10.2 Å². The highest BCUT2D eigenvalue weighted by Crippen LogP contribution is 2.15. The molecule has 0 amide bonds. The highest BCUT2D eigenvalue weighted by Gasteiger charge is 2.20. The van der Waals surface area contributed by atoms with Crippen LogP contribution in [0.5, 0.6) is 0 Å². The summed E-state index contributed by atoms with van der Waals surface area (Å²) >= 11 is 0. The van der Waals surface area contributed by atoms with Crippen molar-refractivity contribution >= 4 is 15.5 Å². The first-order valence-corrected chi connectivity index (χ1v) is 8.68. The number of sulfone groups is 1. The Kier molecular flexibility index (Phi) is 5.15. The van der Waals surface area contributed by atoms with Crippen molar-refractivity contribution < 1.29 is 12.8 Å². The number of nitrogens with one attached hydrogen (secondary N) is 1. The maximum Gasteiger partial charge on any atom is 0.152 e. The van der Waals surface area contributed by atoms with E-state index >= 15 is 0 Å². The van der Waals surface area contributed by atoms with E-state index < -0.39 is 15.7 Å². The number of nitriles is 1. The van der Waals surface area contributed by atoms with Crippen LogP contribution in [0.4, 0.5) is 10.1 Å². The van der Waals surface area contributed by atoms with Crippen molar-refractivity contribution in [3.8, 4) is 6.07 Å². The third-order valence-corrected chi connectivity index (χ3v) is 5.11. The summed E-state index contributed by atoms with van der Waals surface area (Å²) in [6.45, 7) is 2.64. The van der Waals surface area contributed by atoms with Gasteiger partial charge in [0.1, 0.15) is 11.9 Å². The summed E-state index contributed by atoms with van der Waals surface area (Å²) in [6.07, 6.45) is 0.836. The Morgan fingerprint density at radius 2 is 2.05 bits per heavy atom. The van der Waals surface area contributed by atoms with Crippen LogP contribution in [-0.2, 0) is 9.84 Å². The van der Waals surface area contributed by atoms with Crippen molar-refractivity contribution in [2.75, 3.05) is 43.0 Å². The summed E-state index contributed by atoms with van der Waals surface area (Å²) in [6, 6.07) is 6.04. The van der Waals surface area contributed by atoms with Gasteiger partial charge in [0.05, 0.1) is 22.8 Å². The molecule has 1 saturated heterocycles. The molecule has 1 aliphatic heterocycles. The molecular formula is C14H18FN3O2S. The van der Waals surface area contributed by atoms with Crippen LogP contribution in [0.25, 0.3) is 0 Å². The molecule has 1 aromatic rings.